The molecule has 1 rings (SSSR count). The molecule has 1 saturated heterocycles. The first kappa shape index (κ1) is 7.54. The van der Waals surface area contributed by atoms with E-state index in [0.717, 1.165) is 13.0 Å². The number of carbonyl (C=O) groups is 1. The molecule has 1 aliphatic heterocycles. The van der Waals surface area contributed by atoms with Crippen molar-refractivity contribution in [3.63, 3.8) is 0 Å². The highest BCUT2D eigenvalue weighted by Gasteiger charge is 2.25. The van der Waals surface area contributed by atoms with E-state index in [1.54, 1.807) is 0 Å². The molecule has 58 valence electrons. The Morgan fingerprint density at radius 1 is 1.70 bits per heavy atom. The Morgan fingerprint density at radius 3 is 2.80 bits per heavy atom. The molecule has 3 heteroatoms. The van der Waals surface area contributed by atoms with Gasteiger partial charge < -0.3 is 5.32 Å². The first-order valence-corrected chi connectivity index (χ1v) is 3.81. The fraction of sp³-hybridized carbons (Fsp3) is 0.857. The zero-order chi connectivity index (χ0) is 7.56. The van der Waals surface area contributed by atoms with Gasteiger partial charge in [0.1, 0.15) is 0 Å². The highest BCUT2D eigenvalue weighted by atomic mass is 16.2. The summed E-state index contributed by atoms with van der Waals surface area (Å²) in [6.07, 6.45) is 1.29. The monoisotopic (exact) mass is 142 g/mol. The Hall–Kier alpha value is -0.570. The second-order valence-electron chi connectivity index (χ2n) is 2.55. The van der Waals surface area contributed by atoms with Gasteiger partial charge in [0.15, 0.2) is 0 Å². The maximum Gasteiger partial charge on any atom is 0.235 e. The summed E-state index contributed by atoms with van der Waals surface area (Å²) in [5.41, 5.74) is 0. The zero-order valence-electron chi connectivity index (χ0n) is 6.55. The van der Waals surface area contributed by atoms with Gasteiger partial charge in [0.05, 0.1) is 12.7 Å². The molecule has 1 N–H and O–H groups in total. The van der Waals surface area contributed by atoms with Crippen molar-refractivity contribution in [3.05, 3.63) is 0 Å². The average molecular weight is 142 g/mol. The second kappa shape index (κ2) is 3.01. The van der Waals surface area contributed by atoms with E-state index in [0.29, 0.717) is 6.54 Å². The van der Waals surface area contributed by atoms with Crippen LogP contribution in [0.15, 0.2) is 0 Å². The molecule has 0 aromatic carbocycles. The van der Waals surface area contributed by atoms with Crippen LogP contribution in [0.1, 0.15) is 20.3 Å². The Kier molecular flexibility index (Phi) is 2.27. The first-order chi connectivity index (χ1) is 4.77. The summed E-state index contributed by atoms with van der Waals surface area (Å²) >= 11 is 0. The van der Waals surface area contributed by atoms with E-state index in [1.165, 1.54) is 0 Å². The Morgan fingerprint density at radius 2 is 2.40 bits per heavy atom. The van der Waals surface area contributed by atoms with Gasteiger partial charge in [-0.3, -0.25) is 9.69 Å². The summed E-state index contributed by atoms with van der Waals surface area (Å²) in [5, 5.41) is 2.89. The van der Waals surface area contributed by atoms with Crippen molar-refractivity contribution < 1.29 is 4.79 Å². The van der Waals surface area contributed by atoms with E-state index in [9.17, 15) is 4.79 Å². The minimum absolute atomic E-state index is 0.161. The first-order valence-electron chi connectivity index (χ1n) is 3.81. The number of nitrogens with zero attached hydrogens (tertiary/aromatic N) is 1. The third-order valence-corrected chi connectivity index (χ3v) is 1.91. The summed E-state index contributed by atoms with van der Waals surface area (Å²) in [5.74, 6) is 0.161. The van der Waals surface area contributed by atoms with Gasteiger partial charge in [0.25, 0.3) is 0 Å². The van der Waals surface area contributed by atoms with E-state index in [1.807, 2.05) is 0 Å². The quantitative estimate of drug-likeness (QED) is 0.596. The van der Waals surface area contributed by atoms with Crippen LogP contribution >= 0.6 is 0 Å². The molecule has 0 bridgehead atoms. The Balaban J connectivity index is 2.48. The topological polar surface area (TPSA) is 32.3 Å². The van der Waals surface area contributed by atoms with Crippen molar-refractivity contribution in [2.45, 2.75) is 26.4 Å². The summed E-state index contributed by atoms with van der Waals surface area (Å²) in [6.45, 7) is 5.69. The average Bonchev–Trinajstić information content (AvgIpc) is 2.30. The van der Waals surface area contributed by atoms with E-state index in [2.05, 4.69) is 24.1 Å². The van der Waals surface area contributed by atoms with Crippen molar-refractivity contribution in [1.29, 1.82) is 0 Å². The number of amides is 1. The highest BCUT2D eigenvalue weighted by Crippen LogP contribution is 2.05. The van der Waals surface area contributed by atoms with Crippen molar-refractivity contribution in [3.8, 4) is 0 Å². The van der Waals surface area contributed by atoms with Gasteiger partial charge in [-0.2, -0.15) is 0 Å². The number of hydrogen-bond donors (Lipinski definition) is 1. The third kappa shape index (κ3) is 1.29. The van der Waals surface area contributed by atoms with Crippen molar-refractivity contribution in [2.75, 3.05) is 13.1 Å². The van der Waals surface area contributed by atoms with Crippen LogP contribution in [0.5, 0.6) is 0 Å². The van der Waals surface area contributed by atoms with Crippen molar-refractivity contribution in [1.82, 2.24) is 10.2 Å². The molecule has 1 atom stereocenters. The van der Waals surface area contributed by atoms with Crippen LogP contribution in [0.25, 0.3) is 0 Å². The molecular formula is C7H14N2O. The van der Waals surface area contributed by atoms with Crippen LogP contribution in [0.2, 0.25) is 0 Å². The molecule has 1 amide bonds. The maximum absolute atomic E-state index is 10.8. The fourth-order valence-electron chi connectivity index (χ4n) is 1.31. The fourth-order valence-corrected chi connectivity index (χ4v) is 1.31. The molecule has 3 nitrogen and oxygen atoms in total. The predicted octanol–water partition coefficient (Wildman–Crippen LogP) is 0.174. The molecule has 1 unspecified atom stereocenters. The SMILES string of the molecule is CCC1NC(=O)CN1CC. The van der Waals surface area contributed by atoms with E-state index < -0.39 is 0 Å². The molecule has 1 aliphatic rings. The minimum atomic E-state index is 0.161. The molecule has 0 spiro atoms. The van der Waals surface area contributed by atoms with Crippen LogP contribution < -0.4 is 5.32 Å². The maximum atomic E-state index is 10.8. The van der Waals surface area contributed by atoms with Crippen LogP contribution in [0, 0.1) is 0 Å². The van der Waals surface area contributed by atoms with Crippen LogP contribution in [0.4, 0.5) is 0 Å². The van der Waals surface area contributed by atoms with E-state index in [4.69, 9.17) is 0 Å². The van der Waals surface area contributed by atoms with Crippen LogP contribution in [0.3, 0.4) is 0 Å². The molecule has 0 aliphatic carbocycles. The number of hydrogen-bond acceptors (Lipinski definition) is 2. The van der Waals surface area contributed by atoms with Gasteiger partial charge >= 0.3 is 0 Å². The Bertz CT molecular complexity index is 122. The van der Waals surface area contributed by atoms with Gasteiger partial charge in [-0.05, 0) is 13.0 Å². The molecule has 10 heavy (non-hydrogen) atoms. The summed E-state index contributed by atoms with van der Waals surface area (Å²) in [4.78, 5) is 13.0. The molecule has 0 aromatic heterocycles. The number of carbonyl (C=O) groups excluding carboxylic acids is 1. The molecular weight excluding hydrogens is 128 g/mol. The molecule has 1 fully saturated rings. The van der Waals surface area contributed by atoms with Gasteiger partial charge in [0, 0.05) is 0 Å². The number of rotatable bonds is 2. The lowest BCUT2D eigenvalue weighted by molar-refractivity contribution is -0.118. The summed E-state index contributed by atoms with van der Waals surface area (Å²) in [6, 6.07) is 0. The lowest BCUT2D eigenvalue weighted by Crippen LogP contribution is -2.34. The summed E-state index contributed by atoms with van der Waals surface area (Å²) in [7, 11) is 0. The smallest absolute Gasteiger partial charge is 0.235 e. The molecule has 0 saturated carbocycles. The zero-order valence-corrected chi connectivity index (χ0v) is 6.55. The van der Waals surface area contributed by atoms with Crippen LogP contribution in [-0.2, 0) is 4.79 Å². The lowest BCUT2D eigenvalue weighted by atomic mass is 10.3. The second-order valence-corrected chi connectivity index (χ2v) is 2.55. The lowest BCUT2D eigenvalue weighted by Gasteiger charge is -2.18. The number of likely N-dealkylation sites (N-methyl/N-ethyl adjacent to an activating group) is 1. The van der Waals surface area contributed by atoms with E-state index in [-0.39, 0.29) is 12.1 Å². The standard InChI is InChI=1S/C7H14N2O/c1-3-6-8-7(10)5-9(6)4-2/h6H,3-5H2,1-2H3,(H,8,10). The van der Waals surface area contributed by atoms with Gasteiger partial charge in [-0.15, -0.1) is 0 Å². The highest BCUT2D eigenvalue weighted by molar-refractivity contribution is 5.80. The van der Waals surface area contributed by atoms with Gasteiger partial charge in [-0.25, -0.2) is 0 Å². The van der Waals surface area contributed by atoms with Crippen molar-refractivity contribution in [2.24, 2.45) is 0 Å². The summed E-state index contributed by atoms with van der Waals surface area (Å²) < 4.78 is 0. The minimum Gasteiger partial charge on any atom is -0.339 e. The Labute approximate surface area is 61.4 Å². The van der Waals surface area contributed by atoms with Gasteiger partial charge in [-0.1, -0.05) is 13.8 Å². The predicted molar refractivity (Wildman–Crippen MR) is 39.5 cm³/mol. The third-order valence-electron chi connectivity index (χ3n) is 1.91. The van der Waals surface area contributed by atoms with E-state index >= 15 is 0 Å². The van der Waals surface area contributed by atoms with Crippen LogP contribution in [-0.4, -0.2) is 30.1 Å². The molecule has 1 heterocycles. The molecule has 0 radical (unpaired) electrons. The normalized spacial score (nSPS) is 27.0. The van der Waals surface area contributed by atoms with Crippen molar-refractivity contribution >= 4 is 5.91 Å². The largest absolute Gasteiger partial charge is 0.339 e. The number of nitrogens with one attached hydrogen (secondary N) is 1. The molecule has 0 aromatic rings. The van der Waals surface area contributed by atoms with Gasteiger partial charge in [0.2, 0.25) is 5.91 Å².